The molecule has 2 atom stereocenters. The standard InChI is InChI=1S/C15H15NO4S/c1-10(17)16-14(15(18)19)9-21(20)13-7-6-11-4-2-3-5-12(11)8-13/h2-8,14H,9H2,1H3,(H,16,17)(H,18,19). The van der Waals surface area contributed by atoms with Crippen molar-refractivity contribution in [2.45, 2.75) is 17.9 Å². The van der Waals surface area contributed by atoms with Crippen LogP contribution in [0.15, 0.2) is 47.4 Å². The van der Waals surface area contributed by atoms with Crippen LogP contribution in [-0.2, 0) is 20.4 Å². The number of fused-ring (bicyclic) bond motifs is 1. The van der Waals surface area contributed by atoms with Gasteiger partial charge < -0.3 is 10.4 Å². The van der Waals surface area contributed by atoms with Crippen molar-refractivity contribution < 1.29 is 18.9 Å². The number of nitrogens with one attached hydrogen (secondary N) is 1. The van der Waals surface area contributed by atoms with Crippen molar-refractivity contribution in [1.82, 2.24) is 5.32 Å². The Morgan fingerprint density at radius 1 is 1.19 bits per heavy atom. The summed E-state index contributed by atoms with van der Waals surface area (Å²) in [5.41, 5.74) is 0. The van der Waals surface area contributed by atoms with Crippen molar-refractivity contribution in [3.05, 3.63) is 42.5 Å². The number of benzene rings is 2. The quantitative estimate of drug-likeness (QED) is 0.877. The fraction of sp³-hybridized carbons (Fsp3) is 0.200. The van der Waals surface area contributed by atoms with Crippen LogP contribution in [0.3, 0.4) is 0 Å². The molecule has 0 aliphatic carbocycles. The first-order valence-electron chi connectivity index (χ1n) is 6.34. The summed E-state index contributed by atoms with van der Waals surface area (Å²) in [6, 6.07) is 11.8. The Morgan fingerprint density at radius 3 is 2.48 bits per heavy atom. The molecule has 0 aliphatic heterocycles. The van der Waals surface area contributed by atoms with E-state index in [0.717, 1.165) is 10.8 Å². The van der Waals surface area contributed by atoms with Crippen LogP contribution in [0.25, 0.3) is 10.8 Å². The third kappa shape index (κ3) is 3.88. The van der Waals surface area contributed by atoms with E-state index in [9.17, 15) is 13.8 Å². The number of hydrogen-bond donors (Lipinski definition) is 2. The van der Waals surface area contributed by atoms with Gasteiger partial charge in [-0.3, -0.25) is 9.00 Å². The number of carboxylic acids is 1. The molecule has 2 N–H and O–H groups in total. The van der Waals surface area contributed by atoms with E-state index in [4.69, 9.17) is 5.11 Å². The van der Waals surface area contributed by atoms with E-state index >= 15 is 0 Å². The molecule has 2 aromatic carbocycles. The lowest BCUT2D eigenvalue weighted by Crippen LogP contribution is -2.43. The van der Waals surface area contributed by atoms with Gasteiger partial charge in [0.1, 0.15) is 6.04 Å². The van der Waals surface area contributed by atoms with Crippen LogP contribution in [0.4, 0.5) is 0 Å². The van der Waals surface area contributed by atoms with Gasteiger partial charge in [-0.2, -0.15) is 0 Å². The molecule has 0 aliphatic rings. The highest BCUT2D eigenvalue weighted by molar-refractivity contribution is 7.85. The minimum Gasteiger partial charge on any atom is -0.480 e. The summed E-state index contributed by atoms with van der Waals surface area (Å²) in [6.07, 6.45) is 0. The van der Waals surface area contributed by atoms with Gasteiger partial charge in [-0.1, -0.05) is 30.3 Å². The van der Waals surface area contributed by atoms with Crippen LogP contribution in [0.5, 0.6) is 0 Å². The predicted octanol–water partition coefficient (Wildman–Crippen LogP) is 1.54. The van der Waals surface area contributed by atoms with Crippen molar-refractivity contribution in [1.29, 1.82) is 0 Å². The summed E-state index contributed by atoms with van der Waals surface area (Å²) in [7, 11) is -1.50. The molecular weight excluding hydrogens is 290 g/mol. The van der Waals surface area contributed by atoms with E-state index in [1.165, 1.54) is 6.92 Å². The molecule has 0 radical (unpaired) electrons. The summed E-state index contributed by atoms with van der Waals surface area (Å²) in [6.45, 7) is 1.23. The summed E-state index contributed by atoms with van der Waals surface area (Å²) in [5.74, 6) is -1.81. The molecule has 2 rings (SSSR count). The van der Waals surface area contributed by atoms with Crippen molar-refractivity contribution in [2.24, 2.45) is 0 Å². The number of aliphatic carboxylic acids is 1. The van der Waals surface area contributed by atoms with Gasteiger partial charge in [0, 0.05) is 11.8 Å². The van der Waals surface area contributed by atoms with Gasteiger partial charge in [-0.15, -0.1) is 0 Å². The lowest BCUT2D eigenvalue weighted by Gasteiger charge is -2.13. The Bertz CT molecular complexity index is 714. The number of rotatable bonds is 5. The van der Waals surface area contributed by atoms with E-state index in [1.54, 1.807) is 12.1 Å². The lowest BCUT2D eigenvalue weighted by molar-refractivity contribution is -0.140. The molecule has 0 spiro atoms. The van der Waals surface area contributed by atoms with Crippen LogP contribution in [0, 0.1) is 0 Å². The van der Waals surface area contributed by atoms with Gasteiger partial charge in [0.15, 0.2) is 0 Å². The number of amides is 1. The zero-order chi connectivity index (χ0) is 15.4. The van der Waals surface area contributed by atoms with Crippen LogP contribution >= 0.6 is 0 Å². The summed E-state index contributed by atoms with van der Waals surface area (Å²) in [4.78, 5) is 22.6. The molecule has 0 aromatic heterocycles. The lowest BCUT2D eigenvalue weighted by atomic mass is 10.1. The number of carboxylic acid groups (broad SMARTS) is 1. The highest BCUT2D eigenvalue weighted by atomic mass is 32.2. The van der Waals surface area contributed by atoms with E-state index in [0.29, 0.717) is 4.90 Å². The van der Waals surface area contributed by atoms with Crippen molar-refractivity contribution in [3.8, 4) is 0 Å². The molecule has 0 fully saturated rings. The first kappa shape index (κ1) is 15.2. The average Bonchev–Trinajstić information content (AvgIpc) is 2.45. The number of hydrogen-bond acceptors (Lipinski definition) is 3. The highest BCUT2D eigenvalue weighted by Crippen LogP contribution is 2.18. The molecule has 6 heteroatoms. The molecule has 2 unspecified atom stereocenters. The molecule has 0 heterocycles. The SMILES string of the molecule is CC(=O)NC(CS(=O)c1ccc2ccccc2c1)C(=O)O. The van der Waals surface area contributed by atoms with Crippen LogP contribution in [-0.4, -0.2) is 33.0 Å². The fourth-order valence-electron chi connectivity index (χ4n) is 1.98. The highest BCUT2D eigenvalue weighted by Gasteiger charge is 2.22. The van der Waals surface area contributed by atoms with E-state index in [1.807, 2.05) is 30.3 Å². The monoisotopic (exact) mass is 305 g/mol. The summed E-state index contributed by atoms with van der Waals surface area (Å²) < 4.78 is 12.3. The summed E-state index contributed by atoms with van der Waals surface area (Å²) in [5, 5.41) is 13.3. The molecule has 21 heavy (non-hydrogen) atoms. The van der Waals surface area contributed by atoms with Gasteiger partial charge >= 0.3 is 5.97 Å². The Kier molecular flexibility index (Phi) is 4.70. The Morgan fingerprint density at radius 2 is 1.86 bits per heavy atom. The maximum absolute atomic E-state index is 12.3. The van der Waals surface area contributed by atoms with E-state index < -0.39 is 28.7 Å². The maximum Gasteiger partial charge on any atom is 0.327 e. The van der Waals surface area contributed by atoms with Crippen LogP contribution < -0.4 is 5.32 Å². The van der Waals surface area contributed by atoms with Crippen molar-refractivity contribution in [2.75, 3.05) is 5.75 Å². The first-order valence-corrected chi connectivity index (χ1v) is 7.66. The van der Waals surface area contributed by atoms with Crippen LogP contribution in [0.1, 0.15) is 6.92 Å². The third-order valence-electron chi connectivity index (χ3n) is 2.98. The molecule has 110 valence electrons. The second-order valence-electron chi connectivity index (χ2n) is 4.61. The first-order chi connectivity index (χ1) is 9.97. The molecule has 1 amide bonds. The molecule has 0 saturated carbocycles. The van der Waals surface area contributed by atoms with Gasteiger partial charge in [0.2, 0.25) is 5.91 Å². The maximum atomic E-state index is 12.3. The molecule has 2 aromatic rings. The second kappa shape index (κ2) is 6.49. The molecule has 5 nitrogen and oxygen atoms in total. The normalized spacial score (nSPS) is 13.6. The smallest absolute Gasteiger partial charge is 0.327 e. The zero-order valence-corrected chi connectivity index (χ0v) is 12.2. The van der Waals surface area contributed by atoms with Crippen molar-refractivity contribution in [3.63, 3.8) is 0 Å². The van der Waals surface area contributed by atoms with Gasteiger partial charge in [-0.25, -0.2) is 4.79 Å². The molecular formula is C15H15NO4S. The minimum atomic E-state index is -1.50. The fourth-order valence-corrected chi connectivity index (χ4v) is 3.18. The Labute approximate surface area is 124 Å². The average molecular weight is 305 g/mol. The van der Waals surface area contributed by atoms with E-state index in [-0.39, 0.29) is 5.75 Å². The second-order valence-corrected chi connectivity index (χ2v) is 6.11. The molecule has 0 saturated heterocycles. The van der Waals surface area contributed by atoms with Gasteiger partial charge in [0.05, 0.1) is 16.6 Å². The summed E-state index contributed by atoms with van der Waals surface area (Å²) >= 11 is 0. The predicted molar refractivity (Wildman–Crippen MR) is 80.5 cm³/mol. The van der Waals surface area contributed by atoms with Gasteiger partial charge in [0.25, 0.3) is 0 Å². The van der Waals surface area contributed by atoms with E-state index in [2.05, 4.69) is 5.32 Å². The third-order valence-corrected chi connectivity index (χ3v) is 4.39. The Hall–Kier alpha value is -2.21. The number of carbonyl (C=O) groups excluding carboxylic acids is 1. The van der Waals surface area contributed by atoms with Crippen LogP contribution in [0.2, 0.25) is 0 Å². The zero-order valence-electron chi connectivity index (χ0n) is 11.4. The molecule has 0 bridgehead atoms. The minimum absolute atomic E-state index is 0.159. The number of carbonyl (C=O) groups is 2. The Balaban J connectivity index is 2.20. The van der Waals surface area contributed by atoms with Crippen molar-refractivity contribution >= 4 is 33.4 Å². The largest absolute Gasteiger partial charge is 0.480 e. The topological polar surface area (TPSA) is 83.5 Å². The van der Waals surface area contributed by atoms with Gasteiger partial charge in [-0.05, 0) is 22.9 Å².